The first-order valence-corrected chi connectivity index (χ1v) is 9.69. The number of carbonyl (C=O) groups excluding carboxylic acids is 1. The predicted octanol–water partition coefficient (Wildman–Crippen LogP) is 3.12. The molecule has 1 aromatic heterocycles. The molecule has 1 aromatic carbocycles. The number of nitrogens with one attached hydrogen (secondary N) is 1. The summed E-state index contributed by atoms with van der Waals surface area (Å²) in [6.07, 6.45) is 5.13. The van der Waals surface area contributed by atoms with Gasteiger partial charge in [0.2, 0.25) is 5.89 Å². The Morgan fingerprint density at radius 3 is 2.63 bits per heavy atom. The summed E-state index contributed by atoms with van der Waals surface area (Å²) < 4.78 is 10.5. The highest BCUT2D eigenvalue weighted by atomic mass is 16.5. The van der Waals surface area contributed by atoms with Crippen molar-refractivity contribution in [3.8, 4) is 5.75 Å². The highest BCUT2D eigenvalue weighted by molar-refractivity contribution is 5.74. The van der Waals surface area contributed by atoms with E-state index in [9.17, 15) is 4.79 Å². The van der Waals surface area contributed by atoms with Gasteiger partial charge in [-0.25, -0.2) is 4.79 Å². The number of methoxy groups -OCH3 is 1. The van der Waals surface area contributed by atoms with Crippen LogP contribution in [0.2, 0.25) is 0 Å². The van der Waals surface area contributed by atoms with E-state index in [2.05, 4.69) is 15.5 Å². The van der Waals surface area contributed by atoms with Crippen LogP contribution in [-0.2, 0) is 13.0 Å². The number of hydrogen-bond donors (Lipinski definition) is 1. The molecule has 2 heterocycles. The van der Waals surface area contributed by atoms with E-state index in [1.165, 1.54) is 12.8 Å². The quantitative estimate of drug-likeness (QED) is 0.845. The van der Waals surface area contributed by atoms with Crippen molar-refractivity contribution in [2.45, 2.75) is 44.6 Å². The monoisotopic (exact) mass is 370 g/mol. The normalized spacial score (nSPS) is 17.7. The number of piperidine rings is 1. The number of carbonyl (C=O) groups is 1. The molecule has 0 radical (unpaired) electrons. The second kappa shape index (κ2) is 7.98. The van der Waals surface area contributed by atoms with E-state index in [0.29, 0.717) is 18.4 Å². The minimum atomic E-state index is -0.00178. The molecule has 1 saturated heterocycles. The molecule has 0 atom stereocenters. The first kappa shape index (κ1) is 17.8. The summed E-state index contributed by atoms with van der Waals surface area (Å²) in [6, 6.07) is 7.73. The maximum atomic E-state index is 12.4. The molecule has 27 heavy (non-hydrogen) atoms. The Hall–Kier alpha value is -2.57. The Balaban J connectivity index is 1.20. The Morgan fingerprint density at radius 1 is 1.22 bits per heavy atom. The molecule has 1 saturated carbocycles. The largest absolute Gasteiger partial charge is 0.497 e. The molecule has 144 valence electrons. The summed E-state index contributed by atoms with van der Waals surface area (Å²) in [5, 5.41) is 7.08. The average Bonchev–Trinajstić information content (AvgIpc) is 3.46. The van der Waals surface area contributed by atoms with Crippen LogP contribution in [0.4, 0.5) is 4.79 Å². The van der Waals surface area contributed by atoms with Crippen LogP contribution in [0.25, 0.3) is 0 Å². The number of aromatic nitrogens is 2. The first-order chi connectivity index (χ1) is 13.2. The number of amides is 2. The zero-order chi connectivity index (χ0) is 18.6. The van der Waals surface area contributed by atoms with Crippen LogP contribution in [0.3, 0.4) is 0 Å². The molecule has 2 fully saturated rings. The summed E-state index contributed by atoms with van der Waals surface area (Å²) in [7, 11) is 1.64. The molecule has 4 rings (SSSR count). The molecule has 2 amide bonds. The third kappa shape index (κ3) is 4.59. The van der Waals surface area contributed by atoms with Gasteiger partial charge in [-0.3, -0.25) is 0 Å². The summed E-state index contributed by atoms with van der Waals surface area (Å²) in [5.41, 5.74) is 1.06. The number of benzene rings is 1. The summed E-state index contributed by atoms with van der Waals surface area (Å²) in [4.78, 5) is 18.8. The van der Waals surface area contributed by atoms with E-state index in [4.69, 9.17) is 9.26 Å². The number of rotatable bonds is 6. The smallest absolute Gasteiger partial charge is 0.317 e. The SMILES string of the molecule is COc1ccc(CNC(=O)N2CCC(Cc3nc(C4CC4)no3)CC2)cc1. The molecule has 2 aromatic rings. The molecule has 7 nitrogen and oxygen atoms in total. The minimum Gasteiger partial charge on any atom is -0.497 e. The maximum absolute atomic E-state index is 12.4. The van der Waals surface area contributed by atoms with Gasteiger partial charge in [-0.15, -0.1) is 0 Å². The fourth-order valence-corrected chi connectivity index (χ4v) is 3.48. The highest BCUT2D eigenvalue weighted by Crippen LogP contribution is 2.38. The number of ether oxygens (including phenoxy) is 1. The van der Waals surface area contributed by atoms with Gasteiger partial charge in [0.15, 0.2) is 5.82 Å². The molecule has 0 spiro atoms. The second-order valence-corrected chi connectivity index (χ2v) is 7.46. The van der Waals surface area contributed by atoms with Crippen molar-refractivity contribution in [1.29, 1.82) is 0 Å². The van der Waals surface area contributed by atoms with Crippen molar-refractivity contribution in [1.82, 2.24) is 20.4 Å². The van der Waals surface area contributed by atoms with Crippen LogP contribution in [0.1, 0.15) is 48.9 Å². The van der Waals surface area contributed by atoms with E-state index in [1.807, 2.05) is 29.2 Å². The van der Waals surface area contributed by atoms with Gasteiger partial charge < -0.3 is 19.5 Å². The maximum Gasteiger partial charge on any atom is 0.317 e. The Bertz CT molecular complexity index is 762. The molecular weight excluding hydrogens is 344 g/mol. The van der Waals surface area contributed by atoms with Gasteiger partial charge >= 0.3 is 6.03 Å². The molecular formula is C20H26N4O3. The first-order valence-electron chi connectivity index (χ1n) is 9.69. The highest BCUT2D eigenvalue weighted by Gasteiger charge is 2.30. The van der Waals surface area contributed by atoms with Gasteiger partial charge in [-0.05, 0) is 49.3 Å². The van der Waals surface area contributed by atoms with Crippen LogP contribution in [0.15, 0.2) is 28.8 Å². The van der Waals surface area contributed by atoms with E-state index in [-0.39, 0.29) is 6.03 Å². The van der Waals surface area contributed by atoms with Crippen molar-refractivity contribution in [3.63, 3.8) is 0 Å². The van der Waals surface area contributed by atoms with Gasteiger partial charge in [0, 0.05) is 32.0 Å². The fourth-order valence-electron chi connectivity index (χ4n) is 3.48. The van der Waals surface area contributed by atoms with Gasteiger partial charge in [0.05, 0.1) is 7.11 Å². The fraction of sp³-hybridized carbons (Fsp3) is 0.550. The third-order valence-electron chi connectivity index (χ3n) is 5.39. The minimum absolute atomic E-state index is 0.00178. The van der Waals surface area contributed by atoms with E-state index < -0.39 is 0 Å². The zero-order valence-electron chi connectivity index (χ0n) is 15.7. The zero-order valence-corrected chi connectivity index (χ0v) is 15.7. The van der Waals surface area contributed by atoms with Gasteiger partial charge in [-0.1, -0.05) is 17.3 Å². The van der Waals surface area contributed by atoms with E-state index >= 15 is 0 Å². The van der Waals surface area contributed by atoms with Crippen LogP contribution >= 0.6 is 0 Å². The van der Waals surface area contributed by atoms with Crippen molar-refractivity contribution >= 4 is 6.03 Å². The van der Waals surface area contributed by atoms with Crippen LogP contribution in [0, 0.1) is 5.92 Å². The Labute approximate surface area is 159 Å². The van der Waals surface area contributed by atoms with Gasteiger partial charge in [0.1, 0.15) is 5.75 Å². The van der Waals surface area contributed by atoms with Crippen molar-refractivity contribution < 1.29 is 14.1 Å². The topological polar surface area (TPSA) is 80.5 Å². The van der Waals surface area contributed by atoms with Crippen LogP contribution in [-0.4, -0.2) is 41.3 Å². The number of likely N-dealkylation sites (tertiary alicyclic amines) is 1. The standard InChI is InChI=1S/C20H26N4O3/c1-26-17-6-2-15(3-7-17)13-21-20(25)24-10-8-14(9-11-24)12-18-22-19(23-27-18)16-4-5-16/h2-3,6-7,14,16H,4-5,8-13H2,1H3,(H,21,25). The lowest BCUT2D eigenvalue weighted by Gasteiger charge is -2.31. The summed E-state index contributed by atoms with van der Waals surface area (Å²) in [6.45, 7) is 2.06. The molecule has 0 bridgehead atoms. The van der Waals surface area contributed by atoms with Gasteiger partial charge in [-0.2, -0.15) is 4.98 Å². The lowest BCUT2D eigenvalue weighted by Crippen LogP contribution is -2.44. The van der Waals surface area contributed by atoms with Crippen molar-refractivity contribution in [3.05, 3.63) is 41.5 Å². The summed E-state index contributed by atoms with van der Waals surface area (Å²) in [5.74, 6) is 3.47. The number of hydrogen-bond acceptors (Lipinski definition) is 5. The average molecular weight is 370 g/mol. The van der Waals surface area contributed by atoms with Crippen LogP contribution in [0.5, 0.6) is 5.75 Å². The lowest BCUT2D eigenvalue weighted by atomic mass is 9.94. The van der Waals surface area contributed by atoms with E-state index in [1.54, 1.807) is 7.11 Å². The molecule has 1 N–H and O–H groups in total. The predicted molar refractivity (Wildman–Crippen MR) is 99.5 cm³/mol. The number of nitrogens with zero attached hydrogens (tertiary/aromatic N) is 3. The number of urea groups is 1. The molecule has 1 aliphatic carbocycles. The van der Waals surface area contributed by atoms with Crippen molar-refractivity contribution in [2.75, 3.05) is 20.2 Å². The van der Waals surface area contributed by atoms with E-state index in [0.717, 1.165) is 55.4 Å². The second-order valence-electron chi connectivity index (χ2n) is 7.46. The van der Waals surface area contributed by atoms with Crippen LogP contribution < -0.4 is 10.1 Å². The van der Waals surface area contributed by atoms with Gasteiger partial charge in [0.25, 0.3) is 0 Å². The third-order valence-corrected chi connectivity index (χ3v) is 5.39. The molecule has 0 unspecified atom stereocenters. The molecule has 7 heteroatoms. The van der Waals surface area contributed by atoms with Crippen molar-refractivity contribution in [2.24, 2.45) is 5.92 Å². The Morgan fingerprint density at radius 2 is 1.96 bits per heavy atom. The summed E-state index contributed by atoms with van der Waals surface area (Å²) >= 11 is 0. The molecule has 2 aliphatic rings. The lowest BCUT2D eigenvalue weighted by molar-refractivity contribution is 0.167. The Kier molecular flexibility index (Phi) is 5.27. The molecule has 1 aliphatic heterocycles.